The lowest BCUT2D eigenvalue weighted by Gasteiger charge is -1.98. The topological polar surface area (TPSA) is 54.9 Å². The zero-order valence-corrected chi connectivity index (χ0v) is 11.4. The first-order chi connectivity index (χ1) is 9.33. The second-order valence-corrected chi connectivity index (χ2v) is 5.51. The van der Waals surface area contributed by atoms with E-state index in [2.05, 4.69) is 15.3 Å². The van der Waals surface area contributed by atoms with E-state index in [0.29, 0.717) is 10.0 Å². The van der Waals surface area contributed by atoms with E-state index in [4.69, 9.17) is 0 Å². The van der Waals surface area contributed by atoms with Crippen LogP contribution in [-0.2, 0) is 0 Å². The minimum absolute atomic E-state index is 0.120. The van der Waals surface area contributed by atoms with E-state index in [9.17, 15) is 4.79 Å². The van der Waals surface area contributed by atoms with Crippen LogP contribution in [0.5, 0.6) is 0 Å². The van der Waals surface area contributed by atoms with Crippen molar-refractivity contribution in [3.63, 3.8) is 0 Å². The maximum atomic E-state index is 11.9. The highest BCUT2D eigenvalue weighted by Crippen LogP contribution is 2.24. The van der Waals surface area contributed by atoms with Crippen LogP contribution in [0.2, 0.25) is 0 Å². The summed E-state index contributed by atoms with van der Waals surface area (Å²) in [6.07, 6.45) is 3.44. The van der Waals surface area contributed by atoms with Gasteiger partial charge in [0.2, 0.25) is 0 Å². The minimum atomic E-state index is -0.120. The number of anilines is 1. The van der Waals surface area contributed by atoms with Gasteiger partial charge in [0.1, 0.15) is 0 Å². The van der Waals surface area contributed by atoms with Crippen molar-refractivity contribution in [3.8, 4) is 11.3 Å². The molecule has 0 bridgehead atoms. The van der Waals surface area contributed by atoms with Crippen molar-refractivity contribution in [3.05, 3.63) is 52.3 Å². The Balaban J connectivity index is 1.77. The molecule has 0 aliphatic rings. The number of hydrogen-bond donors (Lipinski definition) is 1. The molecule has 1 amide bonds. The predicted molar refractivity (Wildman–Crippen MR) is 77.6 cm³/mol. The maximum absolute atomic E-state index is 11.9. The molecule has 0 aromatic carbocycles. The minimum Gasteiger partial charge on any atom is -0.297 e. The molecule has 94 valence electrons. The second kappa shape index (κ2) is 5.29. The van der Waals surface area contributed by atoms with Crippen molar-refractivity contribution < 1.29 is 4.79 Å². The molecular weight excluding hydrogens is 278 g/mol. The van der Waals surface area contributed by atoms with Gasteiger partial charge in [-0.3, -0.25) is 15.1 Å². The summed E-state index contributed by atoms with van der Waals surface area (Å²) >= 11 is 2.82. The van der Waals surface area contributed by atoms with Crippen LogP contribution in [0.15, 0.2) is 47.4 Å². The van der Waals surface area contributed by atoms with Gasteiger partial charge in [0.25, 0.3) is 5.91 Å². The zero-order valence-electron chi connectivity index (χ0n) is 9.74. The Morgan fingerprint density at radius 2 is 2.00 bits per heavy atom. The van der Waals surface area contributed by atoms with Crippen LogP contribution in [0.25, 0.3) is 11.3 Å². The molecular formula is C13H9N3OS2. The monoisotopic (exact) mass is 287 g/mol. The summed E-state index contributed by atoms with van der Waals surface area (Å²) in [5.74, 6) is -0.120. The third-order valence-electron chi connectivity index (χ3n) is 2.45. The summed E-state index contributed by atoms with van der Waals surface area (Å²) in [5.41, 5.74) is 1.83. The quantitative estimate of drug-likeness (QED) is 0.802. The molecule has 0 saturated carbocycles. The summed E-state index contributed by atoms with van der Waals surface area (Å²) < 4.78 is 0. The summed E-state index contributed by atoms with van der Waals surface area (Å²) in [5, 5.41) is 7.19. The van der Waals surface area contributed by atoms with Crippen molar-refractivity contribution in [2.75, 3.05) is 5.32 Å². The fourth-order valence-corrected chi connectivity index (χ4v) is 2.89. The molecule has 0 spiro atoms. The molecule has 1 N–H and O–H groups in total. The molecule has 0 saturated heterocycles. The van der Waals surface area contributed by atoms with Crippen LogP contribution in [-0.4, -0.2) is 15.9 Å². The van der Waals surface area contributed by atoms with E-state index in [1.165, 1.54) is 22.7 Å². The molecule has 0 radical (unpaired) electrons. The molecule has 0 aliphatic carbocycles. The second-order valence-electron chi connectivity index (χ2n) is 3.71. The molecule has 3 aromatic heterocycles. The van der Waals surface area contributed by atoms with Crippen LogP contribution in [0.4, 0.5) is 5.13 Å². The number of nitrogens with one attached hydrogen (secondary N) is 1. The number of carbonyl (C=O) groups excluding carboxylic acids is 1. The first-order valence-electron chi connectivity index (χ1n) is 5.54. The molecule has 3 aromatic rings. The predicted octanol–water partition coefficient (Wildman–Crippen LogP) is 3.52. The molecule has 0 unspecified atom stereocenters. The van der Waals surface area contributed by atoms with E-state index in [1.54, 1.807) is 18.5 Å². The largest absolute Gasteiger partial charge is 0.297 e. The average Bonchev–Trinajstić information content (AvgIpc) is 3.11. The highest BCUT2D eigenvalue weighted by atomic mass is 32.1. The average molecular weight is 287 g/mol. The number of nitrogens with zero attached hydrogens (tertiary/aromatic N) is 2. The molecule has 0 aliphatic heterocycles. The Labute approximate surface area is 117 Å². The number of hydrogen-bond acceptors (Lipinski definition) is 5. The third kappa shape index (κ3) is 2.69. The van der Waals surface area contributed by atoms with Crippen LogP contribution in [0, 0.1) is 0 Å². The van der Waals surface area contributed by atoms with Gasteiger partial charge in [0.15, 0.2) is 5.13 Å². The first-order valence-corrected chi connectivity index (χ1v) is 7.29. The van der Waals surface area contributed by atoms with Gasteiger partial charge < -0.3 is 0 Å². The number of amides is 1. The SMILES string of the molecule is O=C(Nc1nc(-c2ccncc2)cs1)c1cccs1. The van der Waals surface area contributed by atoms with Crippen molar-refractivity contribution in [2.45, 2.75) is 0 Å². The highest BCUT2D eigenvalue weighted by molar-refractivity contribution is 7.14. The van der Waals surface area contributed by atoms with Crippen LogP contribution >= 0.6 is 22.7 Å². The number of rotatable bonds is 3. The number of aromatic nitrogens is 2. The molecule has 3 heterocycles. The van der Waals surface area contributed by atoms with Crippen LogP contribution in [0.1, 0.15) is 9.67 Å². The van der Waals surface area contributed by atoms with Crippen molar-refractivity contribution >= 4 is 33.7 Å². The van der Waals surface area contributed by atoms with Crippen molar-refractivity contribution in [2.24, 2.45) is 0 Å². The standard InChI is InChI=1S/C13H9N3OS2/c17-12(11-2-1-7-18-11)16-13-15-10(8-19-13)9-3-5-14-6-4-9/h1-8H,(H,15,16,17). The molecule has 4 nitrogen and oxygen atoms in total. The Morgan fingerprint density at radius 1 is 1.16 bits per heavy atom. The Bertz CT molecular complexity index is 677. The van der Waals surface area contributed by atoms with Gasteiger partial charge in [-0.15, -0.1) is 22.7 Å². The van der Waals surface area contributed by atoms with Gasteiger partial charge in [-0.2, -0.15) is 0 Å². The van der Waals surface area contributed by atoms with Gasteiger partial charge in [0, 0.05) is 23.3 Å². The molecule has 6 heteroatoms. The van der Waals surface area contributed by atoms with Crippen LogP contribution in [0.3, 0.4) is 0 Å². The summed E-state index contributed by atoms with van der Waals surface area (Å²) in [6.45, 7) is 0. The van der Waals surface area contributed by atoms with Crippen molar-refractivity contribution in [1.82, 2.24) is 9.97 Å². The fourth-order valence-electron chi connectivity index (χ4n) is 1.55. The van der Waals surface area contributed by atoms with E-state index in [-0.39, 0.29) is 5.91 Å². The maximum Gasteiger partial charge on any atom is 0.267 e. The normalized spacial score (nSPS) is 10.3. The Kier molecular flexibility index (Phi) is 3.35. The smallest absolute Gasteiger partial charge is 0.267 e. The van der Waals surface area contributed by atoms with Gasteiger partial charge in [0.05, 0.1) is 10.6 Å². The van der Waals surface area contributed by atoms with E-state index >= 15 is 0 Å². The summed E-state index contributed by atoms with van der Waals surface area (Å²) in [4.78, 5) is 20.9. The number of thiazole rings is 1. The lowest BCUT2D eigenvalue weighted by atomic mass is 10.2. The fraction of sp³-hybridized carbons (Fsp3) is 0. The highest BCUT2D eigenvalue weighted by Gasteiger charge is 2.10. The number of pyridine rings is 1. The third-order valence-corrected chi connectivity index (χ3v) is 4.07. The van der Waals surface area contributed by atoms with E-state index < -0.39 is 0 Å². The number of thiophene rings is 1. The molecule has 0 atom stereocenters. The van der Waals surface area contributed by atoms with Crippen LogP contribution < -0.4 is 5.32 Å². The molecule has 3 rings (SSSR count). The van der Waals surface area contributed by atoms with Crippen molar-refractivity contribution in [1.29, 1.82) is 0 Å². The lowest BCUT2D eigenvalue weighted by Crippen LogP contribution is -2.09. The zero-order chi connectivity index (χ0) is 13.1. The van der Waals surface area contributed by atoms with Gasteiger partial charge >= 0.3 is 0 Å². The van der Waals surface area contributed by atoms with Gasteiger partial charge in [-0.25, -0.2) is 4.98 Å². The summed E-state index contributed by atoms with van der Waals surface area (Å²) in [6, 6.07) is 7.42. The molecule has 0 fully saturated rings. The van der Waals surface area contributed by atoms with E-state index in [0.717, 1.165) is 11.3 Å². The summed E-state index contributed by atoms with van der Waals surface area (Å²) in [7, 11) is 0. The van der Waals surface area contributed by atoms with Gasteiger partial charge in [-0.05, 0) is 23.6 Å². The van der Waals surface area contributed by atoms with E-state index in [1.807, 2.05) is 29.0 Å². The Morgan fingerprint density at radius 3 is 2.74 bits per heavy atom. The first kappa shape index (κ1) is 12.0. The Hall–Kier alpha value is -2.05. The lowest BCUT2D eigenvalue weighted by molar-refractivity contribution is 0.103. The molecule has 19 heavy (non-hydrogen) atoms. The number of carbonyl (C=O) groups is 1. The van der Waals surface area contributed by atoms with Gasteiger partial charge in [-0.1, -0.05) is 6.07 Å².